The number of aliphatic hydroxyl groups is 1. The highest BCUT2D eigenvalue weighted by Gasteiger charge is 2.17. The van der Waals surface area contributed by atoms with Crippen LogP contribution < -0.4 is 0 Å². The van der Waals surface area contributed by atoms with E-state index in [1.165, 1.54) is 18.5 Å². The average Bonchev–Trinajstić information content (AvgIpc) is 2.74. The first-order valence-electron chi connectivity index (χ1n) is 4.17. The summed E-state index contributed by atoms with van der Waals surface area (Å²) in [5, 5.41) is 16.2. The van der Waals surface area contributed by atoms with Crippen LogP contribution in [0.25, 0.3) is 0 Å². The van der Waals surface area contributed by atoms with E-state index in [-0.39, 0.29) is 16.4 Å². The molecule has 78 valence electrons. The van der Waals surface area contributed by atoms with Crippen molar-refractivity contribution in [2.45, 2.75) is 6.10 Å². The van der Waals surface area contributed by atoms with E-state index in [4.69, 9.17) is 11.6 Å². The maximum atomic E-state index is 12.9. The summed E-state index contributed by atoms with van der Waals surface area (Å²) in [6, 6.07) is 3.76. The number of aromatic amines is 1. The van der Waals surface area contributed by atoms with Crippen molar-refractivity contribution < 1.29 is 9.50 Å². The highest BCUT2D eigenvalue weighted by atomic mass is 35.5. The van der Waals surface area contributed by atoms with Crippen LogP contribution in [0, 0.1) is 5.82 Å². The molecule has 0 aliphatic rings. The number of nitrogens with one attached hydrogen (secondary N) is 1. The second-order valence-corrected chi connectivity index (χ2v) is 3.35. The van der Waals surface area contributed by atoms with E-state index >= 15 is 0 Å². The zero-order valence-corrected chi connectivity index (χ0v) is 8.24. The molecule has 1 atom stereocenters. The smallest absolute Gasteiger partial charge is 0.157 e. The lowest BCUT2D eigenvalue weighted by Gasteiger charge is -2.09. The second-order valence-electron chi connectivity index (χ2n) is 2.94. The molecular weight excluding hydrogens is 221 g/mol. The van der Waals surface area contributed by atoms with Gasteiger partial charge in [0.05, 0.1) is 0 Å². The molecule has 1 aromatic carbocycles. The topological polar surface area (TPSA) is 61.8 Å². The fourth-order valence-electron chi connectivity index (χ4n) is 1.22. The first kappa shape index (κ1) is 10.1. The minimum atomic E-state index is -1.10. The SMILES string of the molecule is OC(c1ncn[nH]1)c1cc(F)ccc1Cl. The Kier molecular flexibility index (Phi) is 2.66. The van der Waals surface area contributed by atoms with Gasteiger partial charge in [0.25, 0.3) is 0 Å². The van der Waals surface area contributed by atoms with Crippen LogP contribution >= 0.6 is 11.6 Å². The van der Waals surface area contributed by atoms with E-state index in [2.05, 4.69) is 15.2 Å². The quantitative estimate of drug-likeness (QED) is 0.821. The second kappa shape index (κ2) is 3.96. The molecule has 2 N–H and O–H groups in total. The number of benzene rings is 1. The molecule has 6 heteroatoms. The molecule has 15 heavy (non-hydrogen) atoms. The molecule has 0 saturated heterocycles. The van der Waals surface area contributed by atoms with Crippen LogP contribution in [0.15, 0.2) is 24.5 Å². The number of aliphatic hydroxyl groups excluding tert-OH is 1. The largest absolute Gasteiger partial charge is 0.380 e. The Bertz CT molecular complexity index is 460. The predicted octanol–water partition coefficient (Wildman–Crippen LogP) is 1.68. The van der Waals surface area contributed by atoms with Crippen molar-refractivity contribution in [2.75, 3.05) is 0 Å². The van der Waals surface area contributed by atoms with Gasteiger partial charge < -0.3 is 5.11 Å². The first-order valence-corrected chi connectivity index (χ1v) is 4.54. The molecule has 2 aromatic rings. The van der Waals surface area contributed by atoms with Crippen molar-refractivity contribution >= 4 is 11.6 Å². The van der Waals surface area contributed by atoms with Gasteiger partial charge in [-0.2, -0.15) is 5.10 Å². The van der Waals surface area contributed by atoms with Gasteiger partial charge in [-0.15, -0.1) is 0 Å². The van der Waals surface area contributed by atoms with Crippen molar-refractivity contribution in [3.8, 4) is 0 Å². The number of H-pyrrole nitrogens is 1. The molecular formula is C9H7ClFN3O. The van der Waals surface area contributed by atoms with Gasteiger partial charge in [0.2, 0.25) is 0 Å². The van der Waals surface area contributed by atoms with E-state index in [1.54, 1.807) is 0 Å². The van der Waals surface area contributed by atoms with E-state index in [9.17, 15) is 9.50 Å². The van der Waals surface area contributed by atoms with Crippen molar-refractivity contribution in [3.63, 3.8) is 0 Å². The summed E-state index contributed by atoms with van der Waals surface area (Å²) in [6.45, 7) is 0. The number of halogens is 2. The minimum Gasteiger partial charge on any atom is -0.380 e. The van der Waals surface area contributed by atoms with Crippen molar-refractivity contribution in [1.29, 1.82) is 0 Å². The van der Waals surface area contributed by atoms with E-state index in [1.807, 2.05) is 0 Å². The maximum Gasteiger partial charge on any atom is 0.157 e. The van der Waals surface area contributed by atoms with Gasteiger partial charge in [-0.3, -0.25) is 5.10 Å². The third kappa shape index (κ3) is 1.98. The van der Waals surface area contributed by atoms with Crippen LogP contribution in [0.2, 0.25) is 5.02 Å². The molecule has 1 unspecified atom stereocenters. The number of rotatable bonds is 2. The zero-order valence-electron chi connectivity index (χ0n) is 7.48. The predicted molar refractivity (Wildman–Crippen MR) is 51.9 cm³/mol. The Hall–Kier alpha value is -1.46. The van der Waals surface area contributed by atoms with Crippen molar-refractivity contribution in [1.82, 2.24) is 15.2 Å². The third-order valence-electron chi connectivity index (χ3n) is 1.95. The van der Waals surface area contributed by atoms with Gasteiger partial charge in [-0.1, -0.05) is 11.6 Å². The summed E-state index contributed by atoms with van der Waals surface area (Å²) in [7, 11) is 0. The highest BCUT2D eigenvalue weighted by Crippen LogP contribution is 2.26. The number of hydrogen-bond donors (Lipinski definition) is 2. The number of hydrogen-bond acceptors (Lipinski definition) is 3. The summed E-state index contributed by atoms with van der Waals surface area (Å²) in [5.74, 6) is -0.240. The number of nitrogens with zero attached hydrogens (tertiary/aromatic N) is 2. The first-order chi connectivity index (χ1) is 7.18. The summed E-state index contributed by atoms with van der Waals surface area (Å²) < 4.78 is 12.9. The summed E-state index contributed by atoms with van der Waals surface area (Å²) in [4.78, 5) is 3.77. The molecule has 0 bridgehead atoms. The van der Waals surface area contributed by atoms with Crippen LogP contribution in [-0.2, 0) is 0 Å². The van der Waals surface area contributed by atoms with Gasteiger partial charge in [-0.25, -0.2) is 9.37 Å². The van der Waals surface area contributed by atoms with Crippen molar-refractivity contribution in [2.24, 2.45) is 0 Å². The van der Waals surface area contributed by atoms with Gasteiger partial charge in [-0.05, 0) is 18.2 Å². The monoisotopic (exact) mass is 227 g/mol. The molecule has 0 radical (unpaired) electrons. The lowest BCUT2D eigenvalue weighted by atomic mass is 10.1. The molecule has 0 saturated carbocycles. The molecule has 0 amide bonds. The van der Waals surface area contributed by atoms with Crippen LogP contribution in [0.1, 0.15) is 17.5 Å². The summed E-state index contributed by atoms with van der Waals surface area (Å²) in [5.41, 5.74) is 0.258. The molecule has 0 fully saturated rings. The molecule has 4 nitrogen and oxygen atoms in total. The normalized spacial score (nSPS) is 12.7. The van der Waals surface area contributed by atoms with Crippen LogP contribution in [0.3, 0.4) is 0 Å². The minimum absolute atomic E-state index is 0.225. The summed E-state index contributed by atoms with van der Waals surface area (Å²) >= 11 is 5.82. The fourth-order valence-corrected chi connectivity index (χ4v) is 1.44. The molecule has 2 rings (SSSR count). The molecule has 1 aromatic heterocycles. The standard InChI is InChI=1S/C9H7ClFN3O/c10-7-2-1-5(11)3-6(7)8(15)9-12-4-13-14-9/h1-4,8,15H,(H,12,13,14). The Balaban J connectivity index is 2.41. The van der Waals surface area contributed by atoms with Crippen LogP contribution in [0.5, 0.6) is 0 Å². The van der Waals surface area contributed by atoms with E-state index in [0.717, 1.165) is 6.07 Å². The van der Waals surface area contributed by atoms with E-state index < -0.39 is 11.9 Å². The van der Waals surface area contributed by atoms with E-state index in [0.29, 0.717) is 0 Å². The number of aromatic nitrogens is 3. The van der Waals surface area contributed by atoms with Crippen molar-refractivity contribution in [3.05, 3.63) is 46.8 Å². The Labute approximate surface area is 89.7 Å². The lowest BCUT2D eigenvalue weighted by molar-refractivity contribution is 0.210. The van der Waals surface area contributed by atoms with Gasteiger partial charge in [0, 0.05) is 10.6 Å². The van der Waals surface area contributed by atoms with Gasteiger partial charge in [0.1, 0.15) is 18.2 Å². The summed E-state index contributed by atoms with van der Waals surface area (Å²) in [6.07, 6.45) is 0.155. The lowest BCUT2D eigenvalue weighted by Crippen LogP contribution is -2.03. The Morgan fingerprint density at radius 3 is 2.93 bits per heavy atom. The average molecular weight is 228 g/mol. The maximum absolute atomic E-state index is 12.9. The molecule has 0 aliphatic heterocycles. The Morgan fingerprint density at radius 1 is 1.47 bits per heavy atom. The fraction of sp³-hybridized carbons (Fsp3) is 0.111. The van der Waals surface area contributed by atoms with Gasteiger partial charge >= 0.3 is 0 Å². The molecule has 0 spiro atoms. The molecule has 1 heterocycles. The van der Waals surface area contributed by atoms with Gasteiger partial charge in [0.15, 0.2) is 5.82 Å². The Morgan fingerprint density at radius 2 is 2.27 bits per heavy atom. The van der Waals surface area contributed by atoms with Crippen LogP contribution in [-0.4, -0.2) is 20.3 Å². The highest BCUT2D eigenvalue weighted by molar-refractivity contribution is 6.31. The van der Waals surface area contributed by atoms with Crippen LogP contribution in [0.4, 0.5) is 4.39 Å². The molecule has 0 aliphatic carbocycles. The zero-order chi connectivity index (χ0) is 10.8. The third-order valence-corrected chi connectivity index (χ3v) is 2.29.